The number of rotatable bonds is 6. The summed E-state index contributed by atoms with van der Waals surface area (Å²) in [7, 11) is 0. The number of hydrogen-bond acceptors (Lipinski definition) is 4. The maximum atomic E-state index is 12.0. The van der Waals surface area contributed by atoms with E-state index in [0.717, 1.165) is 6.54 Å². The lowest BCUT2D eigenvalue weighted by Crippen LogP contribution is -2.48. The zero-order chi connectivity index (χ0) is 15.1. The van der Waals surface area contributed by atoms with Crippen molar-refractivity contribution in [2.45, 2.75) is 18.9 Å². The van der Waals surface area contributed by atoms with E-state index in [9.17, 15) is 4.79 Å². The molecule has 1 heterocycles. The first-order chi connectivity index (χ1) is 10.2. The first-order valence-corrected chi connectivity index (χ1v) is 7.45. The topological polar surface area (TPSA) is 61.8 Å². The summed E-state index contributed by atoms with van der Waals surface area (Å²) in [6.07, 6.45) is -0.171. The van der Waals surface area contributed by atoms with Crippen LogP contribution in [-0.4, -0.2) is 61.4 Å². The summed E-state index contributed by atoms with van der Waals surface area (Å²) < 4.78 is 5.37. The van der Waals surface area contributed by atoms with E-state index in [1.54, 1.807) is 0 Å². The van der Waals surface area contributed by atoms with Gasteiger partial charge in [0.15, 0.2) is 0 Å². The van der Waals surface area contributed by atoms with Gasteiger partial charge in [0, 0.05) is 19.6 Å². The number of ether oxygens (including phenoxy) is 1. The molecule has 21 heavy (non-hydrogen) atoms. The quantitative estimate of drug-likeness (QED) is 0.806. The lowest BCUT2D eigenvalue weighted by Gasteiger charge is -2.31. The number of hydrogen-bond donors (Lipinski definition) is 2. The normalized spacial score (nSPS) is 21.0. The number of aliphatic hydroxyl groups is 1. The Morgan fingerprint density at radius 1 is 1.48 bits per heavy atom. The Balaban J connectivity index is 1.72. The third-order valence-corrected chi connectivity index (χ3v) is 3.77. The Labute approximate surface area is 125 Å². The summed E-state index contributed by atoms with van der Waals surface area (Å²) in [6.45, 7) is 5.02. The van der Waals surface area contributed by atoms with Crippen molar-refractivity contribution in [3.8, 4) is 0 Å². The van der Waals surface area contributed by atoms with Crippen molar-refractivity contribution in [3.05, 3.63) is 35.9 Å². The number of aliphatic hydroxyl groups excluding tert-OH is 1. The second-order valence-corrected chi connectivity index (χ2v) is 5.53. The average molecular weight is 292 g/mol. The number of nitrogens with one attached hydrogen (secondary N) is 1. The van der Waals surface area contributed by atoms with Crippen LogP contribution >= 0.6 is 0 Å². The standard InChI is InChI=1S/C16H24N2O3/c1-13(14-5-3-2-4-6-14)9-17-16(20)11-18-7-8-21-15(10-18)12-19/h2-6,13,15,19H,7-12H2,1H3,(H,17,20). The smallest absolute Gasteiger partial charge is 0.234 e. The largest absolute Gasteiger partial charge is 0.394 e. The molecular weight excluding hydrogens is 268 g/mol. The Bertz CT molecular complexity index is 438. The second kappa shape index (κ2) is 8.12. The van der Waals surface area contributed by atoms with Gasteiger partial charge >= 0.3 is 0 Å². The summed E-state index contributed by atoms with van der Waals surface area (Å²) >= 11 is 0. The molecule has 2 rings (SSSR count). The second-order valence-electron chi connectivity index (χ2n) is 5.53. The Hall–Kier alpha value is -1.43. The molecule has 0 spiro atoms. The number of amides is 1. The van der Waals surface area contributed by atoms with E-state index >= 15 is 0 Å². The van der Waals surface area contributed by atoms with Crippen LogP contribution in [0, 0.1) is 0 Å². The highest BCUT2D eigenvalue weighted by atomic mass is 16.5. The highest BCUT2D eigenvalue weighted by molar-refractivity contribution is 5.78. The molecule has 0 saturated carbocycles. The van der Waals surface area contributed by atoms with Crippen LogP contribution < -0.4 is 5.32 Å². The Morgan fingerprint density at radius 3 is 2.95 bits per heavy atom. The zero-order valence-electron chi connectivity index (χ0n) is 12.5. The molecule has 0 radical (unpaired) electrons. The molecule has 5 heteroatoms. The van der Waals surface area contributed by atoms with Crippen molar-refractivity contribution >= 4 is 5.91 Å². The van der Waals surface area contributed by atoms with Crippen LogP contribution in [0.3, 0.4) is 0 Å². The van der Waals surface area contributed by atoms with E-state index in [4.69, 9.17) is 9.84 Å². The van der Waals surface area contributed by atoms with Gasteiger partial charge in [-0.15, -0.1) is 0 Å². The SMILES string of the molecule is CC(CNC(=O)CN1CCOC(CO)C1)c1ccccc1. The minimum absolute atomic E-state index is 0.00314. The van der Waals surface area contributed by atoms with Crippen molar-refractivity contribution < 1.29 is 14.6 Å². The van der Waals surface area contributed by atoms with Crippen molar-refractivity contribution in [1.29, 1.82) is 0 Å². The van der Waals surface area contributed by atoms with Crippen molar-refractivity contribution in [2.24, 2.45) is 0 Å². The van der Waals surface area contributed by atoms with Crippen LogP contribution in [0.15, 0.2) is 30.3 Å². The number of carbonyl (C=O) groups excluding carboxylic acids is 1. The van der Waals surface area contributed by atoms with Crippen LogP contribution in [0.2, 0.25) is 0 Å². The van der Waals surface area contributed by atoms with Gasteiger partial charge in [-0.25, -0.2) is 0 Å². The maximum absolute atomic E-state index is 12.0. The fourth-order valence-electron chi connectivity index (χ4n) is 2.46. The zero-order valence-corrected chi connectivity index (χ0v) is 12.5. The molecule has 1 fully saturated rings. The molecule has 1 aliphatic heterocycles. The monoisotopic (exact) mass is 292 g/mol. The predicted octanol–water partition coefficient (Wildman–Crippen LogP) is 0.599. The number of nitrogens with zero attached hydrogens (tertiary/aromatic N) is 1. The number of carbonyl (C=O) groups is 1. The molecule has 1 aromatic rings. The van der Waals surface area contributed by atoms with E-state index in [2.05, 4.69) is 24.4 Å². The summed E-state index contributed by atoms with van der Waals surface area (Å²) in [5.41, 5.74) is 1.23. The Kier molecular flexibility index (Phi) is 6.17. The molecule has 1 aromatic carbocycles. The van der Waals surface area contributed by atoms with Gasteiger partial charge in [-0.2, -0.15) is 0 Å². The first-order valence-electron chi connectivity index (χ1n) is 7.45. The Morgan fingerprint density at radius 2 is 2.24 bits per heavy atom. The van der Waals surface area contributed by atoms with Gasteiger partial charge in [0.25, 0.3) is 0 Å². The van der Waals surface area contributed by atoms with Gasteiger partial charge in [-0.05, 0) is 11.5 Å². The van der Waals surface area contributed by atoms with E-state index in [1.165, 1.54) is 5.56 Å². The molecule has 2 unspecified atom stereocenters. The predicted molar refractivity (Wildman–Crippen MR) is 81.1 cm³/mol. The van der Waals surface area contributed by atoms with Crippen molar-refractivity contribution in [1.82, 2.24) is 10.2 Å². The number of benzene rings is 1. The van der Waals surface area contributed by atoms with Gasteiger partial charge in [-0.1, -0.05) is 37.3 Å². The van der Waals surface area contributed by atoms with Gasteiger partial charge in [0.2, 0.25) is 5.91 Å². The molecule has 0 bridgehead atoms. The average Bonchev–Trinajstić information content (AvgIpc) is 2.53. The molecular formula is C16H24N2O3. The molecule has 5 nitrogen and oxygen atoms in total. The fourth-order valence-corrected chi connectivity index (χ4v) is 2.46. The summed E-state index contributed by atoms with van der Waals surface area (Å²) in [4.78, 5) is 14.0. The molecule has 2 atom stereocenters. The lowest BCUT2D eigenvalue weighted by atomic mass is 10.0. The van der Waals surface area contributed by atoms with Gasteiger partial charge in [0.05, 0.1) is 25.9 Å². The summed E-state index contributed by atoms with van der Waals surface area (Å²) in [5.74, 6) is 0.321. The van der Waals surface area contributed by atoms with E-state index in [-0.39, 0.29) is 18.6 Å². The third-order valence-electron chi connectivity index (χ3n) is 3.77. The molecule has 0 aromatic heterocycles. The minimum Gasteiger partial charge on any atom is -0.394 e. The van der Waals surface area contributed by atoms with Crippen LogP contribution in [0.4, 0.5) is 0 Å². The van der Waals surface area contributed by atoms with Crippen LogP contribution in [0.1, 0.15) is 18.4 Å². The third kappa shape index (κ3) is 5.12. The highest BCUT2D eigenvalue weighted by Gasteiger charge is 2.21. The van der Waals surface area contributed by atoms with Gasteiger partial charge in [-0.3, -0.25) is 9.69 Å². The van der Waals surface area contributed by atoms with Gasteiger partial charge < -0.3 is 15.2 Å². The van der Waals surface area contributed by atoms with E-state index < -0.39 is 0 Å². The molecule has 0 aliphatic carbocycles. The highest BCUT2D eigenvalue weighted by Crippen LogP contribution is 2.13. The molecule has 116 valence electrons. The summed E-state index contributed by atoms with van der Waals surface area (Å²) in [6, 6.07) is 10.2. The fraction of sp³-hybridized carbons (Fsp3) is 0.562. The molecule has 1 amide bonds. The van der Waals surface area contributed by atoms with Crippen molar-refractivity contribution in [2.75, 3.05) is 39.4 Å². The van der Waals surface area contributed by atoms with Gasteiger partial charge in [0.1, 0.15) is 0 Å². The first kappa shape index (κ1) is 15.9. The molecule has 1 aliphatic rings. The van der Waals surface area contributed by atoms with Crippen LogP contribution in [0.5, 0.6) is 0 Å². The number of morpholine rings is 1. The lowest BCUT2D eigenvalue weighted by molar-refractivity contribution is -0.125. The molecule has 2 N–H and O–H groups in total. The van der Waals surface area contributed by atoms with E-state index in [1.807, 2.05) is 23.1 Å². The maximum Gasteiger partial charge on any atom is 0.234 e. The van der Waals surface area contributed by atoms with Crippen LogP contribution in [-0.2, 0) is 9.53 Å². The summed E-state index contributed by atoms with van der Waals surface area (Å²) in [5, 5.41) is 12.1. The van der Waals surface area contributed by atoms with E-state index in [0.29, 0.717) is 32.2 Å². The van der Waals surface area contributed by atoms with Crippen molar-refractivity contribution in [3.63, 3.8) is 0 Å². The molecule has 1 saturated heterocycles. The minimum atomic E-state index is -0.171. The van der Waals surface area contributed by atoms with Crippen LogP contribution in [0.25, 0.3) is 0 Å².